The van der Waals surface area contributed by atoms with Gasteiger partial charge in [0.05, 0.1) is 12.1 Å². The molecule has 0 fully saturated rings. The summed E-state index contributed by atoms with van der Waals surface area (Å²) in [6, 6.07) is 3.85. The van der Waals surface area contributed by atoms with Crippen LogP contribution in [0.2, 0.25) is 0 Å². The molecule has 1 aromatic rings. The third-order valence-electron chi connectivity index (χ3n) is 1.40. The number of pyridine rings is 1. The molecule has 0 aliphatic heterocycles. The normalized spacial score (nSPS) is 9.09. The summed E-state index contributed by atoms with van der Waals surface area (Å²) in [7, 11) is 0. The molecule has 0 bridgehead atoms. The molecule has 0 saturated carbocycles. The molecule has 2 nitrogen and oxygen atoms in total. The average Bonchev–Trinajstić information content (AvgIpc) is 2.07. The van der Waals surface area contributed by atoms with Crippen molar-refractivity contribution in [3.8, 4) is 12.3 Å². The van der Waals surface area contributed by atoms with Gasteiger partial charge in [0.15, 0.2) is 0 Å². The first-order chi connectivity index (χ1) is 5.36. The van der Waals surface area contributed by atoms with Crippen LogP contribution >= 0.6 is 0 Å². The molecule has 0 aromatic carbocycles. The first-order valence-corrected chi connectivity index (χ1v) is 3.44. The lowest BCUT2D eigenvalue weighted by Gasteiger charge is -1.96. The second-order valence-electron chi connectivity index (χ2n) is 2.24. The monoisotopic (exact) mass is 146 g/mol. The first-order valence-electron chi connectivity index (χ1n) is 3.44. The number of terminal acetylenes is 1. The predicted octanol–water partition coefficient (Wildman–Crippen LogP) is 0.716. The van der Waals surface area contributed by atoms with Gasteiger partial charge in [0.25, 0.3) is 0 Å². The molecular formula is C9H10N2. The fourth-order valence-electron chi connectivity index (χ4n) is 0.785. The topological polar surface area (TPSA) is 38.9 Å². The largest absolute Gasteiger partial charge is 0.326 e. The van der Waals surface area contributed by atoms with E-state index in [0.717, 1.165) is 11.3 Å². The van der Waals surface area contributed by atoms with E-state index in [1.807, 2.05) is 12.1 Å². The van der Waals surface area contributed by atoms with Crippen LogP contribution in [0.5, 0.6) is 0 Å². The van der Waals surface area contributed by atoms with Crippen LogP contribution in [-0.2, 0) is 13.0 Å². The van der Waals surface area contributed by atoms with Crippen LogP contribution in [0.1, 0.15) is 11.3 Å². The summed E-state index contributed by atoms with van der Waals surface area (Å²) in [5.41, 5.74) is 7.35. The van der Waals surface area contributed by atoms with Gasteiger partial charge < -0.3 is 5.73 Å². The Balaban J connectivity index is 2.76. The summed E-state index contributed by atoms with van der Waals surface area (Å²) in [6.45, 7) is 0.531. The molecular weight excluding hydrogens is 136 g/mol. The molecule has 0 aliphatic carbocycles. The van der Waals surface area contributed by atoms with E-state index in [9.17, 15) is 0 Å². The molecule has 0 atom stereocenters. The van der Waals surface area contributed by atoms with E-state index in [1.54, 1.807) is 6.20 Å². The highest BCUT2D eigenvalue weighted by Gasteiger charge is 1.91. The molecule has 0 aliphatic rings. The Bertz CT molecular complexity index is 256. The van der Waals surface area contributed by atoms with Gasteiger partial charge in [-0.25, -0.2) is 0 Å². The zero-order valence-corrected chi connectivity index (χ0v) is 6.25. The van der Waals surface area contributed by atoms with Crippen molar-refractivity contribution in [2.75, 3.05) is 0 Å². The second-order valence-corrected chi connectivity index (χ2v) is 2.24. The molecule has 56 valence electrons. The quantitative estimate of drug-likeness (QED) is 0.624. The number of aromatic nitrogens is 1. The van der Waals surface area contributed by atoms with Gasteiger partial charge in [-0.1, -0.05) is 6.07 Å². The van der Waals surface area contributed by atoms with Crippen molar-refractivity contribution in [1.82, 2.24) is 4.98 Å². The van der Waals surface area contributed by atoms with E-state index in [-0.39, 0.29) is 0 Å². The standard InChI is InChI=1S/C9H10N2/c1-2-3-9-5-4-8(6-10)7-11-9/h1,4-5,7H,3,6,10H2. The van der Waals surface area contributed by atoms with Crippen LogP contribution in [0.15, 0.2) is 18.3 Å². The third kappa shape index (κ3) is 2.06. The van der Waals surface area contributed by atoms with E-state index in [4.69, 9.17) is 12.2 Å². The number of hydrogen-bond acceptors (Lipinski definition) is 2. The number of rotatable bonds is 2. The number of nitrogens with zero attached hydrogens (tertiary/aromatic N) is 1. The van der Waals surface area contributed by atoms with Crippen LogP contribution < -0.4 is 5.73 Å². The zero-order valence-electron chi connectivity index (χ0n) is 6.25. The summed E-state index contributed by atoms with van der Waals surface area (Å²) >= 11 is 0. The first kappa shape index (κ1) is 7.77. The molecule has 0 radical (unpaired) electrons. The lowest BCUT2D eigenvalue weighted by molar-refractivity contribution is 1.02. The fraction of sp³-hybridized carbons (Fsp3) is 0.222. The molecule has 1 heterocycles. The van der Waals surface area contributed by atoms with E-state index < -0.39 is 0 Å². The molecule has 0 spiro atoms. The van der Waals surface area contributed by atoms with Crippen molar-refractivity contribution in [1.29, 1.82) is 0 Å². The Labute approximate surface area is 66.4 Å². The van der Waals surface area contributed by atoms with E-state index in [2.05, 4.69) is 10.9 Å². The van der Waals surface area contributed by atoms with Gasteiger partial charge in [-0.05, 0) is 11.6 Å². The molecule has 0 unspecified atom stereocenters. The number of hydrogen-bond donors (Lipinski definition) is 1. The minimum atomic E-state index is 0.531. The highest BCUT2D eigenvalue weighted by Crippen LogP contribution is 1.98. The molecule has 0 saturated heterocycles. The summed E-state index contributed by atoms with van der Waals surface area (Å²) in [6.07, 6.45) is 7.46. The van der Waals surface area contributed by atoms with Crippen LogP contribution in [0.4, 0.5) is 0 Å². The molecule has 0 amide bonds. The van der Waals surface area contributed by atoms with Gasteiger partial charge in [0, 0.05) is 12.7 Å². The maximum absolute atomic E-state index is 5.39. The summed E-state index contributed by atoms with van der Waals surface area (Å²) < 4.78 is 0. The van der Waals surface area contributed by atoms with Crippen molar-refractivity contribution in [3.63, 3.8) is 0 Å². The summed E-state index contributed by atoms with van der Waals surface area (Å²) in [5, 5.41) is 0. The third-order valence-corrected chi connectivity index (χ3v) is 1.40. The second kappa shape index (κ2) is 3.75. The van der Waals surface area contributed by atoms with Crippen molar-refractivity contribution in [3.05, 3.63) is 29.6 Å². The molecule has 1 aromatic heterocycles. The smallest absolute Gasteiger partial charge is 0.0522 e. The van der Waals surface area contributed by atoms with Crippen molar-refractivity contribution < 1.29 is 0 Å². The van der Waals surface area contributed by atoms with Gasteiger partial charge in [-0.2, -0.15) is 0 Å². The molecule has 2 heteroatoms. The van der Waals surface area contributed by atoms with Gasteiger partial charge in [-0.3, -0.25) is 4.98 Å². The van der Waals surface area contributed by atoms with E-state index in [1.165, 1.54) is 0 Å². The van der Waals surface area contributed by atoms with Gasteiger partial charge in [0.1, 0.15) is 0 Å². The molecule has 1 rings (SSSR count). The Hall–Kier alpha value is -1.33. The van der Waals surface area contributed by atoms with Crippen LogP contribution in [-0.4, -0.2) is 4.98 Å². The SMILES string of the molecule is C#CCc1ccc(CN)cn1. The maximum Gasteiger partial charge on any atom is 0.0522 e. The lowest BCUT2D eigenvalue weighted by atomic mass is 10.2. The van der Waals surface area contributed by atoms with Crippen LogP contribution in [0.25, 0.3) is 0 Å². The Morgan fingerprint density at radius 1 is 1.55 bits per heavy atom. The maximum atomic E-state index is 5.39. The van der Waals surface area contributed by atoms with Gasteiger partial charge in [-0.15, -0.1) is 12.3 Å². The minimum absolute atomic E-state index is 0.531. The fourth-order valence-corrected chi connectivity index (χ4v) is 0.785. The highest BCUT2D eigenvalue weighted by molar-refractivity contribution is 5.16. The van der Waals surface area contributed by atoms with E-state index in [0.29, 0.717) is 13.0 Å². The van der Waals surface area contributed by atoms with Crippen molar-refractivity contribution in [2.24, 2.45) is 5.73 Å². The van der Waals surface area contributed by atoms with Crippen molar-refractivity contribution >= 4 is 0 Å². The van der Waals surface area contributed by atoms with Crippen LogP contribution in [0.3, 0.4) is 0 Å². The highest BCUT2D eigenvalue weighted by atomic mass is 14.7. The lowest BCUT2D eigenvalue weighted by Crippen LogP contribution is -1.97. The predicted molar refractivity (Wildman–Crippen MR) is 44.7 cm³/mol. The summed E-state index contributed by atoms with van der Waals surface area (Å²) in [4.78, 5) is 4.12. The minimum Gasteiger partial charge on any atom is -0.326 e. The number of nitrogens with two attached hydrogens (primary N) is 1. The van der Waals surface area contributed by atoms with Gasteiger partial charge >= 0.3 is 0 Å². The van der Waals surface area contributed by atoms with Gasteiger partial charge in [0.2, 0.25) is 0 Å². The summed E-state index contributed by atoms with van der Waals surface area (Å²) in [5.74, 6) is 2.53. The molecule has 2 N–H and O–H groups in total. The van der Waals surface area contributed by atoms with Crippen molar-refractivity contribution in [2.45, 2.75) is 13.0 Å². The van der Waals surface area contributed by atoms with E-state index >= 15 is 0 Å². The average molecular weight is 146 g/mol. The molecule has 11 heavy (non-hydrogen) atoms. The van der Waals surface area contributed by atoms with Crippen LogP contribution in [0, 0.1) is 12.3 Å². The Morgan fingerprint density at radius 2 is 2.36 bits per heavy atom. The zero-order chi connectivity index (χ0) is 8.10. The Morgan fingerprint density at radius 3 is 2.82 bits per heavy atom. The Kier molecular flexibility index (Phi) is 2.65.